The third-order valence-corrected chi connectivity index (χ3v) is 1.54. The SMILES string of the molecule is CCCCO.CCCCO.CCCCO.[Br-].[Hf]. The topological polar surface area (TPSA) is 60.7 Å². The largest absolute Gasteiger partial charge is 1.00 e. The van der Waals surface area contributed by atoms with E-state index in [1.54, 1.807) is 0 Å². The van der Waals surface area contributed by atoms with Crippen LogP contribution < -0.4 is 17.0 Å². The summed E-state index contributed by atoms with van der Waals surface area (Å²) in [6.07, 6.45) is 6.11. The van der Waals surface area contributed by atoms with Crippen LogP contribution in [0, 0.1) is 0 Å². The molecule has 0 fully saturated rings. The van der Waals surface area contributed by atoms with E-state index in [9.17, 15) is 0 Å². The van der Waals surface area contributed by atoms with Crippen LogP contribution in [-0.2, 0) is 25.8 Å². The Kier molecular flexibility index (Phi) is 78.9. The second-order valence-electron chi connectivity index (χ2n) is 3.23. The molecule has 17 heavy (non-hydrogen) atoms. The smallest absolute Gasteiger partial charge is 0.0430 e. The molecule has 0 heterocycles. The van der Waals surface area contributed by atoms with Crippen molar-refractivity contribution in [3.63, 3.8) is 0 Å². The van der Waals surface area contributed by atoms with Crippen LogP contribution in [-0.4, -0.2) is 35.1 Å². The molecule has 0 aromatic heterocycles. The molecule has 0 aliphatic rings. The van der Waals surface area contributed by atoms with E-state index in [0.29, 0.717) is 19.8 Å². The number of aliphatic hydroxyl groups excluding tert-OH is 3. The minimum absolute atomic E-state index is 0. The molecule has 0 amide bonds. The van der Waals surface area contributed by atoms with Gasteiger partial charge in [-0.3, -0.25) is 0 Å². The fourth-order valence-electron chi connectivity index (χ4n) is 0.474. The molecule has 0 aromatic rings. The molecule has 0 rings (SSSR count). The maximum atomic E-state index is 8.07. The van der Waals surface area contributed by atoms with Gasteiger partial charge in [-0.2, -0.15) is 0 Å². The number of halogens is 1. The molecule has 5 heteroatoms. The molecule has 0 aromatic carbocycles. The predicted molar refractivity (Wildman–Crippen MR) is 66.0 cm³/mol. The summed E-state index contributed by atoms with van der Waals surface area (Å²) in [6.45, 7) is 7.19. The van der Waals surface area contributed by atoms with E-state index in [0.717, 1.165) is 38.5 Å². The van der Waals surface area contributed by atoms with Crippen molar-refractivity contribution in [3.05, 3.63) is 0 Å². The summed E-state index contributed by atoms with van der Waals surface area (Å²) in [5.74, 6) is 0. The van der Waals surface area contributed by atoms with Gasteiger partial charge in [-0.05, 0) is 19.3 Å². The van der Waals surface area contributed by atoms with Crippen LogP contribution in [0.15, 0.2) is 0 Å². The van der Waals surface area contributed by atoms with Gasteiger partial charge in [0.05, 0.1) is 0 Å². The minimum atomic E-state index is 0. The van der Waals surface area contributed by atoms with E-state index >= 15 is 0 Å². The van der Waals surface area contributed by atoms with Gasteiger partial charge in [0.2, 0.25) is 0 Å². The molecule has 3 nitrogen and oxygen atoms in total. The first kappa shape index (κ1) is 30.9. The Balaban J connectivity index is -0.0000000400. The van der Waals surface area contributed by atoms with Gasteiger partial charge in [0, 0.05) is 45.7 Å². The fourth-order valence-corrected chi connectivity index (χ4v) is 0.474. The summed E-state index contributed by atoms with van der Waals surface area (Å²) in [5, 5.41) is 24.2. The van der Waals surface area contributed by atoms with Gasteiger partial charge in [0.25, 0.3) is 0 Å². The molecular formula is C12H30BrHfO3-. The predicted octanol–water partition coefficient (Wildman–Crippen LogP) is -0.662. The van der Waals surface area contributed by atoms with E-state index in [2.05, 4.69) is 20.8 Å². The monoisotopic (exact) mass is 481 g/mol. The van der Waals surface area contributed by atoms with Gasteiger partial charge in [-0.25, -0.2) is 0 Å². The van der Waals surface area contributed by atoms with Crippen molar-refractivity contribution in [2.24, 2.45) is 0 Å². The van der Waals surface area contributed by atoms with E-state index in [4.69, 9.17) is 15.3 Å². The van der Waals surface area contributed by atoms with Crippen LogP contribution in [0.5, 0.6) is 0 Å². The Bertz CT molecular complexity index is 58.5. The van der Waals surface area contributed by atoms with Gasteiger partial charge in [0.1, 0.15) is 0 Å². The normalized spacial score (nSPS) is 7.41. The van der Waals surface area contributed by atoms with E-state index in [-0.39, 0.29) is 42.8 Å². The van der Waals surface area contributed by atoms with Gasteiger partial charge < -0.3 is 32.3 Å². The Labute approximate surface area is 137 Å². The molecule has 0 saturated carbocycles. The zero-order valence-electron chi connectivity index (χ0n) is 11.6. The van der Waals surface area contributed by atoms with Gasteiger partial charge in [-0.15, -0.1) is 0 Å². The average molecular weight is 481 g/mol. The third kappa shape index (κ3) is 76.5. The van der Waals surface area contributed by atoms with Crippen LogP contribution in [0.1, 0.15) is 59.3 Å². The van der Waals surface area contributed by atoms with E-state index in [1.807, 2.05) is 0 Å². The molecule has 0 atom stereocenters. The molecule has 0 spiro atoms. The third-order valence-electron chi connectivity index (χ3n) is 1.54. The number of hydrogen-bond donors (Lipinski definition) is 3. The van der Waals surface area contributed by atoms with Crippen molar-refractivity contribution in [2.45, 2.75) is 59.3 Å². The number of rotatable bonds is 6. The fraction of sp³-hybridized carbons (Fsp3) is 1.00. The first-order valence-electron chi connectivity index (χ1n) is 6.07. The molecule has 0 radical (unpaired) electrons. The molecule has 3 N–H and O–H groups in total. The maximum Gasteiger partial charge on any atom is 0.0430 e. The molecular weight excluding hydrogens is 451 g/mol. The first-order chi connectivity index (χ1) is 7.24. The minimum Gasteiger partial charge on any atom is -1.00 e. The Morgan fingerprint density at radius 3 is 0.765 bits per heavy atom. The summed E-state index contributed by atoms with van der Waals surface area (Å²) in [7, 11) is 0. The zero-order valence-corrected chi connectivity index (χ0v) is 16.8. The second-order valence-corrected chi connectivity index (χ2v) is 3.23. The van der Waals surface area contributed by atoms with Crippen molar-refractivity contribution in [2.75, 3.05) is 19.8 Å². The van der Waals surface area contributed by atoms with Gasteiger partial charge >= 0.3 is 0 Å². The molecule has 0 aliphatic heterocycles. The molecule has 108 valence electrons. The Morgan fingerprint density at radius 1 is 0.588 bits per heavy atom. The van der Waals surface area contributed by atoms with Gasteiger partial charge in [0.15, 0.2) is 0 Å². The average Bonchev–Trinajstić information content (AvgIpc) is 2.23. The molecule has 0 saturated heterocycles. The molecule has 0 unspecified atom stereocenters. The summed E-state index contributed by atoms with van der Waals surface area (Å²) in [5.41, 5.74) is 0. The van der Waals surface area contributed by atoms with Crippen LogP contribution >= 0.6 is 0 Å². The van der Waals surface area contributed by atoms with Crippen molar-refractivity contribution in [1.82, 2.24) is 0 Å². The van der Waals surface area contributed by atoms with E-state index < -0.39 is 0 Å². The van der Waals surface area contributed by atoms with E-state index in [1.165, 1.54) is 0 Å². The summed E-state index contributed by atoms with van der Waals surface area (Å²) in [6, 6.07) is 0. The van der Waals surface area contributed by atoms with Gasteiger partial charge in [-0.1, -0.05) is 40.0 Å². The molecule has 0 aliphatic carbocycles. The van der Waals surface area contributed by atoms with Crippen molar-refractivity contribution in [3.8, 4) is 0 Å². The first-order valence-corrected chi connectivity index (χ1v) is 6.07. The van der Waals surface area contributed by atoms with Crippen molar-refractivity contribution >= 4 is 0 Å². The molecule has 0 bridgehead atoms. The van der Waals surface area contributed by atoms with Crippen molar-refractivity contribution < 1.29 is 58.1 Å². The standard InChI is InChI=1S/3C4H10O.BrH.Hf/c3*1-2-3-4-5;;/h3*5H,2-4H2,1H3;1H;/p-1. The summed E-state index contributed by atoms with van der Waals surface area (Å²) >= 11 is 0. The maximum absolute atomic E-state index is 8.07. The number of hydrogen-bond acceptors (Lipinski definition) is 3. The summed E-state index contributed by atoms with van der Waals surface area (Å²) < 4.78 is 0. The summed E-state index contributed by atoms with van der Waals surface area (Å²) in [4.78, 5) is 0. The van der Waals surface area contributed by atoms with Crippen LogP contribution in [0.3, 0.4) is 0 Å². The van der Waals surface area contributed by atoms with Crippen LogP contribution in [0.2, 0.25) is 0 Å². The van der Waals surface area contributed by atoms with Crippen LogP contribution in [0.4, 0.5) is 0 Å². The Morgan fingerprint density at radius 2 is 0.765 bits per heavy atom. The Hall–Kier alpha value is 1.23. The van der Waals surface area contributed by atoms with Crippen LogP contribution in [0.25, 0.3) is 0 Å². The zero-order chi connectivity index (χ0) is 12.4. The quantitative estimate of drug-likeness (QED) is 0.443. The second kappa shape index (κ2) is 43.4. The van der Waals surface area contributed by atoms with Crippen molar-refractivity contribution in [1.29, 1.82) is 0 Å². The number of aliphatic hydroxyl groups is 3. The number of unbranched alkanes of at least 4 members (excludes halogenated alkanes) is 3.